The minimum Gasteiger partial charge on any atom is -0.314 e. The average Bonchev–Trinajstić information content (AvgIpc) is 3.06. The van der Waals surface area contributed by atoms with E-state index >= 15 is 0 Å². The minimum absolute atomic E-state index is 0.0927. The number of rotatable bonds is 7. The van der Waals surface area contributed by atoms with Gasteiger partial charge in [-0.1, -0.05) is 64.4 Å². The van der Waals surface area contributed by atoms with Crippen molar-refractivity contribution in [3.05, 3.63) is 83.4 Å². The number of carbonyl (C=O) groups is 1. The fraction of sp³-hybridized carbons (Fsp3) is 0.208. The third-order valence-electron chi connectivity index (χ3n) is 4.57. The lowest BCUT2D eigenvalue weighted by Gasteiger charge is -2.26. The molecule has 1 aliphatic heterocycles. The second-order valence-electron chi connectivity index (χ2n) is 6.96. The maximum Gasteiger partial charge on any atom is 0.358 e. The van der Waals surface area contributed by atoms with Crippen molar-refractivity contribution in [1.82, 2.24) is 0 Å². The van der Waals surface area contributed by atoms with E-state index in [0.717, 1.165) is 16.3 Å². The van der Waals surface area contributed by atoms with Gasteiger partial charge < -0.3 is 4.84 Å². The van der Waals surface area contributed by atoms with Gasteiger partial charge in [-0.25, -0.2) is 4.79 Å². The SMILES string of the molecule is C/C=C/C=C/C(=O)O/N=C/C1C(C)=NN(c2ccc(Cl)cc2)C1Sc1ccc(C)cc1. The Kier molecular flexibility index (Phi) is 8.09. The van der Waals surface area contributed by atoms with Gasteiger partial charge in [0.15, 0.2) is 0 Å². The summed E-state index contributed by atoms with van der Waals surface area (Å²) in [5.74, 6) is -0.673. The van der Waals surface area contributed by atoms with Gasteiger partial charge in [0, 0.05) is 21.7 Å². The first-order chi connectivity index (χ1) is 15.0. The first-order valence-corrected chi connectivity index (χ1v) is 11.1. The van der Waals surface area contributed by atoms with Crippen LogP contribution in [0.3, 0.4) is 0 Å². The van der Waals surface area contributed by atoms with E-state index in [1.54, 1.807) is 30.1 Å². The largest absolute Gasteiger partial charge is 0.358 e. The summed E-state index contributed by atoms with van der Waals surface area (Å²) in [4.78, 5) is 17.9. The van der Waals surface area contributed by atoms with Crippen LogP contribution >= 0.6 is 23.4 Å². The van der Waals surface area contributed by atoms with Crippen LogP contribution in [0.1, 0.15) is 19.4 Å². The van der Waals surface area contributed by atoms with Crippen LogP contribution in [0.4, 0.5) is 5.69 Å². The van der Waals surface area contributed by atoms with E-state index in [2.05, 4.69) is 36.3 Å². The summed E-state index contributed by atoms with van der Waals surface area (Å²) in [7, 11) is 0. The number of benzene rings is 2. The van der Waals surface area contributed by atoms with Gasteiger partial charge in [-0.05, 0) is 57.2 Å². The summed E-state index contributed by atoms with van der Waals surface area (Å²) >= 11 is 7.74. The number of carbonyl (C=O) groups excluding carboxylic acids is 1. The van der Waals surface area contributed by atoms with Crippen molar-refractivity contribution in [2.45, 2.75) is 31.0 Å². The zero-order chi connectivity index (χ0) is 22.2. The molecule has 2 aromatic carbocycles. The Morgan fingerprint density at radius 1 is 1.13 bits per heavy atom. The second kappa shape index (κ2) is 11.0. The summed E-state index contributed by atoms with van der Waals surface area (Å²) < 4.78 is 0. The number of halogens is 1. The number of oxime groups is 1. The van der Waals surface area contributed by atoms with Gasteiger partial charge in [0.05, 0.1) is 17.8 Å². The molecule has 7 heteroatoms. The van der Waals surface area contributed by atoms with Gasteiger partial charge in [-0.3, -0.25) is 5.01 Å². The number of nitrogens with zero attached hydrogens (tertiary/aromatic N) is 3. The summed E-state index contributed by atoms with van der Waals surface area (Å²) in [5.41, 5.74) is 3.01. The highest BCUT2D eigenvalue weighted by atomic mass is 35.5. The Bertz CT molecular complexity index is 1010. The van der Waals surface area contributed by atoms with Crippen molar-refractivity contribution >= 4 is 46.9 Å². The number of thioether (sulfide) groups is 1. The summed E-state index contributed by atoms with van der Waals surface area (Å²) in [5, 5.41) is 11.2. The molecule has 0 amide bonds. The second-order valence-corrected chi connectivity index (χ2v) is 8.59. The molecule has 0 saturated heterocycles. The van der Waals surface area contributed by atoms with Crippen LogP contribution in [0, 0.1) is 12.8 Å². The first kappa shape index (κ1) is 22.8. The maximum atomic E-state index is 11.8. The molecule has 2 aromatic rings. The monoisotopic (exact) mass is 453 g/mol. The zero-order valence-electron chi connectivity index (χ0n) is 17.6. The van der Waals surface area contributed by atoms with E-state index in [0.29, 0.717) is 5.02 Å². The van der Waals surface area contributed by atoms with Gasteiger partial charge in [-0.15, -0.1) is 0 Å². The number of allylic oxidation sites excluding steroid dienone is 3. The van der Waals surface area contributed by atoms with Crippen LogP contribution in [0.5, 0.6) is 0 Å². The molecule has 1 heterocycles. The summed E-state index contributed by atoms with van der Waals surface area (Å²) in [6.45, 7) is 5.88. The highest BCUT2D eigenvalue weighted by molar-refractivity contribution is 8.00. The molecule has 2 atom stereocenters. The quantitative estimate of drug-likeness (QED) is 0.164. The van der Waals surface area contributed by atoms with E-state index in [1.807, 2.05) is 49.2 Å². The van der Waals surface area contributed by atoms with Crippen LogP contribution in [0.2, 0.25) is 5.02 Å². The molecule has 0 fully saturated rings. The van der Waals surface area contributed by atoms with Crippen molar-refractivity contribution in [3.63, 3.8) is 0 Å². The molecular formula is C24H24ClN3O2S. The predicted molar refractivity (Wildman–Crippen MR) is 130 cm³/mol. The Morgan fingerprint density at radius 2 is 1.84 bits per heavy atom. The lowest BCUT2D eigenvalue weighted by molar-refractivity contribution is -0.137. The summed E-state index contributed by atoms with van der Waals surface area (Å²) in [6, 6.07) is 15.9. The third kappa shape index (κ3) is 6.32. The van der Waals surface area contributed by atoms with Gasteiger partial charge in [0.2, 0.25) is 0 Å². The number of aryl methyl sites for hydroxylation is 1. The fourth-order valence-corrected chi connectivity index (χ4v) is 4.32. The van der Waals surface area contributed by atoms with Crippen molar-refractivity contribution in [2.75, 3.05) is 5.01 Å². The molecule has 0 bridgehead atoms. The highest BCUT2D eigenvalue weighted by Gasteiger charge is 2.36. The fourth-order valence-electron chi connectivity index (χ4n) is 2.94. The topological polar surface area (TPSA) is 54.3 Å². The number of anilines is 1. The average molecular weight is 454 g/mol. The Labute approximate surface area is 192 Å². The van der Waals surface area contributed by atoms with Gasteiger partial charge in [-0.2, -0.15) is 5.10 Å². The van der Waals surface area contributed by atoms with E-state index in [-0.39, 0.29) is 11.3 Å². The lowest BCUT2D eigenvalue weighted by Crippen LogP contribution is -2.31. The molecule has 0 aromatic heterocycles. The van der Waals surface area contributed by atoms with Crippen LogP contribution in [0.15, 0.2) is 88.0 Å². The van der Waals surface area contributed by atoms with Gasteiger partial charge in [0.25, 0.3) is 0 Å². The molecule has 1 aliphatic rings. The lowest BCUT2D eigenvalue weighted by atomic mass is 10.1. The van der Waals surface area contributed by atoms with Crippen molar-refractivity contribution < 1.29 is 9.63 Å². The smallest absolute Gasteiger partial charge is 0.314 e. The molecule has 0 radical (unpaired) electrons. The molecule has 2 unspecified atom stereocenters. The van der Waals surface area contributed by atoms with Crippen molar-refractivity contribution in [1.29, 1.82) is 0 Å². The van der Waals surface area contributed by atoms with Crippen molar-refractivity contribution in [2.24, 2.45) is 16.2 Å². The standard InChI is InChI=1S/C24H24ClN3O2S/c1-4-5-6-7-23(29)30-26-16-22-18(3)27-28(20-12-10-19(25)11-13-20)24(22)31-21-14-8-17(2)9-15-21/h4-16,22,24H,1-3H3/b5-4+,7-6+,26-16+. The summed E-state index contributed by atoms with van der Waals surface area (Å²) in [6.07, 6.45) is 8.15. The molecule has 160 valence electrons. The molecule has 0 spiro atoms. The van der Waals surface area contributed by atoms with E-state index < -0.39 is 5.97 Å². The Morgan fingerprint density at radius 3 is 2.52 bits per heavy atom. The van der Waals surface area contributed by atoms with Crippen molar-refractivity contribution in [3.8, 4) is 0 Å². The minimum atomic E-state index is -0.528. The van der Waals surface area contributed by atoms with E-state index in [4.69, 9.17) is 21.5 Å². The highest BCUT2D eigenvalue weighted by Crippen LogP contribution is 2.38. The van der Waals surface area contributed by atoms with E-state index in [9.17, 15) is 4.79 Å². The zero-order valence-corrected chi connectivity index (χ0v) is 19.2. The van der Waals surface area contributed by atoms with Gasteiger partial charge in [0.1, 0.15) is 5.37 Å². The third-order valence-corrected chi connectivity index (χ3v) is 6.10. The van der Waals surface area contributed by atoms with Crippen LogP contribution in [0.25, 0.3) is 0 Å². The van der Waals surface area contributed by atoms with Crippen LogP contribution in [-0.2, 0) is 9.63 Å². The number of hydrogen-bond acceptors (Lipinski definition) is 6. The maximum absolute atomic E-state index is 11.8. The molecule has 5 nitrogen and oxygen atoms in total. The molecule has 0 N–H and O–H groups in total. The van der Waals surface area contributed by atoms with Crippen LogP contribution < -0.4 is 5.01 Å². The first-order valence-electron chi connectivity index (χ1n) is 9.85. The molecular weight excluding hydrogens is 430 g/mol. The van der Waals surface area contributed by atoms with E-state index in [1.165, 1.54) is 11.6 Å². The molecule has 0 saturated carbocycles. The molecule has 3 rings (SSSR count). The van der Waals surface area contributed by atoms with Gasteiger partial charge >= 0.3 is 5.97 Å². The number of hydrogen-bond donors (Lipinski definition) is 0. The Balaban J connectivity index is 1.82. The molecule has 31 heavy (non-hydrogen) atoms. The normalized spacial score (nSPS) is 19.0. The Hall–Kier alpha value is -2.83. The number of hydrazone groups is 1. The van der Waals surface area contributed by atoms with Crippen LogP contribution in [-0.4, -0.2) is 23.3 Å². The molecule has 0 aliphatic carbocycles. The predicted octanol–water partition coefficient (Wildman–Crippen LogP) is 6.24.